The quantitative estimate of drug-likeness (QED) is 0.617. The van der Waals surface area contributed by atoms with E-state index in [2.05, 4.69) is 15.2 Å². The van der Waals surface area contributed by atoms with E-state index in [-0.39, 0.29) is 24.0 Å². The van der Waals surface area contributed by atoms with Crippen LogP contribution in [0.25, 0.3) is 11.3 Å². The van der Waals surface area contributed by atoms with Crippen LogP contribution in [0.3, 0.4) is 0 Å². The lowest BCUT2D eigenvalue weighted by atomic mass is 10.1. The molecule has 0 fully saturated rings. The van der Waals surface area contributed by atoms with Gasteiger partial charge in [0, 0.05) is 17.5 Å². The Bertz CT molecular complexity index is 1030. The molecule has 0 aliphatic carbocycles. The lowest BCUT2D eigenvalue weighted by Gasteiger charge is -2.30. The van der Waals surface area contributed by atoms with Crippen LogP contribution in [0.5, 0.6) is 5.88 Å². The maximum absolute atomic E-state index is 13.5. The van der Waals surface area contributed by atoms with Gasteiger partial charge in [0.25, 0.3) is 0 Å². The molecule has 0 spiro atoms. The minimum atomic E-state index is -0.804. The molecule has 3 aromatic rings. The first-order valence-corrected chi connectivity index (χ1v) is 9.97. The van der Waals surface area contributed by atoms with Crippen LogP contribution in [-0.4, -0.2) is 27.3 Å². The summed E-state index contributed by atoms with van der Waals surface area (Å²) in [7, 11) is 0. The maximum atomic E-state index is 13.5. The van der Waals surface area contributed by atoms with E-state index in [0.717, 1.165) is 0 Å². The number of anilines is 1. The molecule has 142 valence electrons. The predicted octanol–water partition coefficient (Wildman–Crippen LogP) is 4.23. The smallest absolute Gasteiger partial charge is 0.247 e. The molecule has 8 heteroatoms. The fourth-order valence-electron chi connectivity index (χ4n) is 3.08. The van der Waals surface area contributed by atoms with Crippen LogP contribution in [0.4, 0.5) is 10.1 Å². The van der Waals surface area contributed by atoms with Crippen molar-refractivity contribution in [3.63, 3.8) is 0 Å². The van der Waals surface area contributed by atoms with Gasteiger partial charge < -0.3 is 4.74 Å². The van der Waals surface area contributed by atoms with Gasteiger partial charge >= 0.3 is 0 Å². The molecule has 0 bridgehead atoms. The SMILES string of the molecule is CCC(=O)N1c2ccccc2-c2nnc(SC)nc2OC1c1ccc(F)cc1. The fraction of sp³-hybridized carbons (Fsp3) is 0.200. The second-order valence-electron chi connectivity index (χ2n) is 6.11. The Kier molecular flexibility index (Phi) is 4.95. The van der Waals surface area contributed by atoms with Crippen LogP contribution < -0.4 is 9.64 Å². The second kappa shape index (κ2) is 7.55. The van der Waals surface area contributed by atoms with Crippen molar-refractivity contribution in [3.05, 3.63) is 59.9 Å². The predicted molar refractivity (Wildman–Crippen MR) is 105 cm³/mol. The van der Waals surface area contributed by atoms with E-state index in [1.165, 1.54) is 23.9 Å². The van der Waals surface area contributed by atoms with Crippen LogP contribution in [0.2, 0.25) is 0 Å². The van der Waals surface area contributed by atoms with E-state index in [0.29, 0.717) is 27.7 Å². The third-order valence-corrected chi connectivity index (χ3v) is 4.96. The molecule has 6 nitrogen and oxygen atoms in total. The number of para-hydroxylation sites is 1. The van der Waals surface area contributed by atoms with Gasteiger partial charge in [-0.2, -0.15) is 4.98 Å². The highest BCUT2D eigenvalue weighted by Crippen LogP contribution is 2.43. The number of carbonyl (C=O) groups excluding carboxylic acids is 1. The van der Waals surface area contributed by atoms with Crippen molar-refractivity contribution in [2.75, 3.05) is 11.2 Å². The van der Waals surface area contributed by atoms with Gasteiger partial charge in [-0.05, 0) is 24.5 Å². The Balaban J connectivity index is 1.96. The van der Waals surface area contributed by atoms with E-state index >= 15 is 0 Å². The fourth-order valence-corrected chi connectivity index (χ4v) is 3.38. The van der Waals surface area contributed by atoms with Crippen molar-refractivity contribution in [1.29, 1.82) is 0 Å². The first kappa shape index (κ1) is 18.4. The lowest BCUT2D eigenvalue weighted by Crippen LogP contribution is -2.37. The Morgan fingerprint density at radius 1 is 1.18 bits per heavy atom. The summed E-state index contributed by atoms with van der Waals surface area (Å²) < 4.78 is 19.7. The molecule has 1 aliphatic rings. The summed E-state index contributed by atoms with van der Waals surface area (Å²) >= 11 is 1.35. The summed E-state index contributed by atoms with van der Waals surface area (Å²) in [5.41, 5.74) is 2.45. The van der Waals surface area contributed by atoms with Crippen molar-refractivity contribution in [1.82, 2.24) is 15.2 Å². The average Bonchev–Trinajstić information content (AvgIpc) is 2.88. The van der Waals surface area contributed by atoms with Gasteiger partial charge in [-0.25, -0.2) is 4.39 Å². The van der Waals surface area contributed by atoms with Crippen LogP contribution in [0, 0.1) is 5.82 Å². The molecule has 0 radical (unpaired) electrons. The molecular formula is C20H17FN4O2S. The zero-order valence-corrected chi connectivity index (χ0v) is 16.1. The summed E-state index contributed by atoms with van der Waals surface area (Å²) in [6.07, 6.45) is 1.32. The van der Waals surface area contributed by atoms with E-state index in [4.69, 9.17) is 4.74 Å². The molecule has 0 N–H and O–H groups in total. The molecular weight excluding hydrogens is 379 g/mol. The topological polar surface area (TPSA) is 68.2 Å². The largest absolute Gasteiger partial charge is 0.447 e. The summed E-state index contributed by atoms with van der Waals surface area (Å²) in [6.45, 7) is 1.79. The van der Waals surface area contributed by atoms with Gasteiger partial charge in [0.1, 0.15) is 5.82 Å². The third kappa shape index (κ3) is 3.20. The zero-order valence-electron chi connectivity index (χ0n) is 15.3. The van der Waals surface area contributed by atoms with Gasteiger partial charge in [-0.3, -0.25) is 9.69 Å². The minimum absolute atomic E-state index is 0.132. The molecule has 1 atom stereocenters. The number of rotatable bonds is 3. The molecule has 4 rings (SSSR count). The number of fused-ring (bicyclic) bond motifs is 3. The number of hydrogen-bond acceptors (Lipinski definition) is 6. The number of hydrogen-bond donors (Lipinski definition) is 0. The van der Waals surface area contributed by atoms with Crippen molar-refractivity contribution in [2.45, 2.75) is 24.7 Å². The normalized spacial score (nSPS) is 15.2. The van der Waals surface area contributed by atoms with Crippen molar-refractivity contribution in [2.24, 2.45) is 0 Å². The minimum Gasteiger partial charge on any atom is -0.447 e. The monoisotopic (exact) mass is 396 g/mol. The zero-order chi connectivity index (χ0) is 19.7. The van der Waals surface area contributed by atoms with Crippen LogP contribution in [0.1, 0.15) is 25.1 Å². The Labute approximate surface area is 165 Å². The van der Waals surface area contributed by atoms with Crippen LogP contribution in [-0.2, 0) is 4.79 Å². The van der Waals surface area contributed by atoms with Gasteiger partial charge in [0.05, 0.1) is 5.69 Å². The molecule has 1 unspecified atom stereocenters. The Morgan fingerprint density at radius 3 is 2.64 bits per heavy atom. The van der Waals surface area contributed by atoms with Gasteiger partial charge in [-0.15, -0.1) is 10.2 Å². The number of halogens is 1. The van der Waals surface area contributed by atoms with E-state index in [1.807, 2.05) is 30.5 Å². The standard InChI is InChI=1S/C20H17FN4O2S/c1-3-16(26)25-15-7-5-4-6-14(15)17-18(22-20(28-2)24-23-17)27-19(25)12-8-10-13(21)11-9-12/h4-11,19H,3H2,1-2H3. The van der Waals surface area contributed by atoms with E-state index < -0.39 is 6.23 Å². The van der Waals surface area contributed by atoms with E-state index in [1.54, 1.807) is 24.0 Å². The Hall–Kier alpha value is -3.00. The highest BCUT2D eigenvalue weighted by molar-refractivity contribution is 7.98. The molecule has 1 aliphatic heterocycles. The highest BCUT2D eigenvalue weighted by Gasteiger charge is 2.35. The van der Waals surface area contributed by atoms with Gasteiger partial charge in [0.2, 0.25) is 23.2 Å². The molecule has 0 saturated carbocycles. The third-order valence-electron chi connectivity index (χ3n) is 4.42. The first-order valence-electron chi connectivity index (χ1n) is 8.74. The van der Waals surface area contributed by atoms with Gasteiger partial charge in [-0.1, -0.05) is 49.0 Å². The molecule has 1 amide bonds. The first-order chi connectivity index (χ1) is 13.6. The number of ether oxygens (including phenoxy) is 1. The van der Waals surface area contributed by atoms with Crippen molar-refractivity contribution in [3.8, 4) is 17.1 Å². The van der Waals surface area contributed by atoms with Crippen LogP contribution in [0.15, 0.2) is 53.7 Å². The number of benzene rings is 2. The molecule has 2 heterocycles. The summed E-state index contributed by atoms with van der Waals surface area (Å²) in [4.78, 5) is 19.0. The molecule has 2 aromatic carbocycles. The number of nitrogens with zero attached hydrogens (tertiary/aromatic N) is 4. The van der Waals surface area contributed by atoms with E-state index in [9.17, 15) is 9.18 Å². The maximum Gasteiger partial charge on any atom is 0.247 e. The summed E-state index contributed by atoms with van der Waals surface area (Å²) in [6, 6.07) is 13.3. The summed E-state index contributed by atoms with van der Waals surface area (Å²) in [5, 5.41) is 8.88. The highest BCUT2D eigenvalue weighted by atomic mass is 32.2. The number of amides is 1. The second-order valence-corrected chi connectivity index (χ2v) is 6.88. The lowest BCUT2D eigenvalue weighted by molar-refractivity contribution is -0.120. The van der Waals surface area contributed by atoms with Crippen LogP contribution >= 0.6 is 11.8 Å². The van der Waals surface area contributed by atoms with Crippen molar-refractivity contribution >= 4 is 23.4 Å². The van der Waals surface area contributed by atoms with Crippen molar-refractivity contribution < 1.29 is 13.9 Å². The molecule has 1 aromatic heterocycles. The molecule has 28 heavy (non-hydrogen) atoms. The average molecular weight is 396 g/mol. The number of thioether (sulfide) groups is 1. The van der Waals surface area contributed by atoms with Gasteiger partial charge in [0.15, 0.2) is 5.69 Å². The number of carbonyl (C=O) groups is 1. The number of aromatic nitrogens is 3. The molecule has 0 saturated heterocycles. The Morgan fingerprint density at radius 2 is 1.93 bits per heavy atom. The summed E-state index contributed by atoms with van der Waals surface area (Å²) in [5.74, 6) is -0.208.